The molecule has 1 aliphatic heterocycles. The van der Waals surface area contributed by atoms with Gasteiger partial charge in [0.2, 0.25) is 5.91 Å². The number of aromatic hydroxyl groups is 1. The van der Waals surface area contributed by atoms with E-state index in [1.165, 1.54) is 12.1 Å². The Morgan fingerprint density at radius 2 is 1.95 bits per heavy atom. The van der Waals surface area contributed by atoms with Gasteiger partial charge in [-0.2, -0.15) is 0 Å². The van der Waals surface area contributed by atoms with Crippen LogP contribution in [-0.2, 0) is 9.53 Å². The largest absolute Gasteiger partial charge is 0.508 e. The van der Waals surface area contributed by atoms with E-state index in [1.54, 1.807) is 37.8 Å². The van der Waals surface area contributed by atoms with Crippen LogP contribution in [0.4, 0.5) is 10.5 Å². The van der Waals surface area contributed by atoms with E-state index in [9.17, 15) is 14.7 Å². The molecule has 0 aliphatic carbocycles. The molecular formula is C15H20N2O4. The van der Waals surface area contributed by atoms with Crippen molar-refractivity contribution in [2.75, 3.05) is 11.4 Å². The van der Waals surface area contributed by atoms with Crippen LogP contribution in [0.15, 0.2) is 24.3 Å². The average Bonchev–Trinajstić information content (AvgIpc) is 2.68. The molecule has 0 aromatic heterocycles. The number of benzene rings is 1. The third-order valence-electron chi connectivity index (χ3n) is 3.01. The first kappa shape index (κ1) is 15.2. The first-order valence-corrected chi connectivity index (χ1v) is 6.83. The molecule has 1 aliphatic rings. The highest BCUT2D eigenvalue weighted by Crippen LogP contribution is 2.23. The quantitative estimate of drug-likeness (QED) is 0.874. The summed E-state index contributed by atoms with van der Waals surface area (Å²) in [5.74, 6) is 0.0792. The van der Waals surface area contributed by atoms with Gasteiger partial charge in [0, 0.05) is 18.7 Å². The minimum Gasteiger partial charge on any atom is -0.508 e. The molecule has 0 spiro atoms. The predicted octanol–water partition coefficient (Wildman–Crippen LogP) is 2.02. The van der Waals surface area contributed by atoms with Gasteiger partial charge in [-0.05, 0) is 45.0 Å². The normalized spacial score (nSPS) is 18.7. The second kappa shape index (κ2) is 5.63. The lowest BCUT2D eigenvalue weighted by molar-refractivity contribution is -0.117. The highest BCUT2D eigenvalue weighted by Gasteiger charge is 2.32. The van der Waals surface area contributed by atoms with Crippen LogP contribution in [0.3, 0.4) is 0 Å². The van der Waals surface area contributed by atoms with Crippen molar-refractivity contribution >= 4 is 17.7 Å². The molecule has 6 nitrogen and oxygen atoms in total. The molecule has 21 heavy (non-hydrogen) atoms. The van der Waals surface area contributed by atoms with Gasteiger partial charge >= 0.3 is 6.09 Å². The smallest absolute Gasteiger partial charge is 0.407 e. The van der Waals surface area contributed by atoms with E-state index >= 15 is 0 Å². The van der Waals surface area contributed by atoms with Crippen molar-refractivity contribution in [1.82, 2.24) is 5.32 Å². The summed E-state index contributed by atoms with van der Waals surface area (Å²) in [6.07, 6.45) is -0.284. The summed E-state index contributed by atoms with van der Waals surface area (Å²) in [6, 6.07) is 6.11. The zero-order valence-electron chi connectivity index (χ0n) is 12.4. The Bertz CT molecular complexity index is 534. The van der Waals surface area contributed by atoms with Crippen molar-refractivity contribution in [1.29, 1.82) is 0 Å². The van der Waals surface area contributed by atoms with Crippen LogP contribution >= 0.6 is 0 Å². The second-order valence-corrected chi connectivity index (χ2v) is 6.07. The summed E-state index contributed by atoms with van der Waals surface area (Å²) >= 11 is 0. The molecule has 1 atom stereocenters. The fourth-order valence-electron chi connectivity index (χ4n) is 2.16. The number of ether oxygens (including phenoxy) is 1. The lowest BCUT2D eigenvalue weighted by atomic mass is 10.2. The number of amides is 2. The summed E-state index contributed by atoms with van der Waals surface area (Å²) in [5, 5.41) is 12.0. The van der Waals surface area contributed by atoms with Crippen LogP contribution in [0.25, 0.3) is 0 Å². The van der Waals surface area contributed by atoms with Gasteiger partial charge in [0.1, 0.15) is 11.4 Å². The van der Waals surface area contributed by atoms with Crippen molar-refractivity contribution in [3.05, 3.63) is 24.3 Å². The number of nitrogens with one attached hydrogen (secondary N) is 1. The van der Waals surface area contributed by atoms with E-state index in [0.29, 0.717) is 12.2 Å². The van der Waals surface area contributed by atoms with Crippen LogP contribution < -0.4 is 10.2 Å². The standard InChI is InChI=1S/C15H20N2O4/c1-15(2,3)21-14(20)16-10-8-13(19)17(9-10)11-4-6-12(18)7-5-11/h4-7,10,18H,8-9H2,1-3H3,(H,16,20). The highest BCUT2D eigenvalue weighted by molar-refractivity contribution is 5.96. The van der Waals surface area contributed by atoms with Gasteiger partial charge in [-0.15, -0.1) is 0 Å². The minimum absolute atomic E-state index is 0.0678. The molecule has 2 amide bonds. The molecule has 1 heterocycles. The molecule has 6 heteroatoms. The van der Waals surface area contributed by atoms with Crippen LogP contribution in [0.5, 0.6) is 5.75 Å². The Kier molecular flexibility index (Phi) is 4.06. The SMILES string of the molecule is CC(C)(C)OC(=O)NC1CC(=O)N(c2ccc(O)cc2)C1. The van der Waals surface area contributed by atoms with E-state index in [2.05, 4.69) is 5.32 Å². The molecule has 1 aromatic rings. The average molecular weight is 292 g/mol. The number of anilines is 1. The van der Waals surface area contributed by atoms with Crippen molar-refractivity contribution < 1.29 is 19.4 Å². The minimum atomic E-state index is -0.566. The van der Waals surface area contributed by atoms with Gasteiger partial charge in [0.25, 0.3) is 0 Å². The number of carbonyl (C=O) groups is 2. The number of alkyl carbamates (subject to hydrolysis) is 1. The number of hydrogen-bond acceptors (Lipinski definition) is 4. The topological polar surface area (TPSA) is 78.9 Å². The maximum atomic E-state index is 12.0. The van der Waals surface area contributed by atoms with Gasteiger partial charge in [-0.25, -0.2) is 4.79 Å². The number of phenolic OH excluding ortho intramolecular Hbond substituents is 1. The number of hydrogen-bond donors (Lipinski definition) is 2. The third kappa shape index (κ3) is 4.11. The monoisotopic (exact) mass is 292 g/mol. The van der Waals surface area contributed by atoms with Crippen molar-refractivity contribution in [3.8, 4) is 5.75 Å². The van der Waals surface area contributed by atoms with Gasteiger partial charge in [-0.1, -0.05) is 0 Å². The van der Waals surface area contributed by atoms with Crippen LogP contribution in [0.2, 0.25) is 0 Å². The maximum absolute atomic E-state index is 12.0. The number of rotatable bonds is 2. The van der Waals surface area contributed by atoms with E-state index in [0.717, 1.165) is 0 Å². The molecule has 114 valence electrons. The van der Waals surface area contributed by atoms with E-state index in [1.807, 2.05) is 0 Å². The lowest BCUT2D eigenvalue weighted by Gasteiger charge is -2.22. The molecule has 0 radical (unpaired) electrons. The van der Waals surface area contributed by atoms with Gasteiger partial charge in [-0.3, -0.25) is 4.79 Å². The van der Waals surface area contributed by atoms with E-state index in [4.69, 9.17) is 4.74 Å². The van der Waals surface area contributed by atoms with Crippen LogP contribution in [-0.4, -0.2) is 35.3 Å². The molecule has 1 unspecified atom stereocenters. The maximum Gasteiger partial charge on any atom is 0.407 e. The second-order valence-electron chi connectivity index (χ2n) is 6.07. The molecule has 1 aromatic carbocycles. The Hall–Kier alpha value is -2.24. The Balaban J connectivity index is 1.96. The lowest BCUT2D eigenvalue weighted by Crippen LogP contribution is -2.40. The molecule has 0 saturated carbocycles. The predicted molar refractivity (Wildman–Crippen MR) is 78.2 cm³/mol. The molecule has 2 N–H and O–H groups in total. The van der Waals surface area contributed by atoms with Crippen molar-refractivity contribution in [2.45, 2.75) is 38.8 Å². The molecule has 1 fully saturated rings. The fraction of sp³-hybridized carbons (Fsp3) is 0.467. The third-order valence-corrected chi connectivity index (χ3v) is 3.01. The zero-order chi connectivity index (χ0) is 15.6. The zero-order valence-corrected chi connectivity index (χ0v) is 12.4. The summed E-state index contributed by atoms with van der Waals surface area (Å²) in [5.41, 5.74) is 0.134. The number of nitrogens with zero attached hydrogens (tertiary/aromatic N) is 1. The summed E-state index contributed by atoms with van der Waals surface area (Å²) < 4.78 is 5.18. The van der Waals surface area contributed by atoms with Crippen molar-refractivity contribution in [2.24, 2.45) is 0 Å². The first-order chi connectivity index (χ1) is 9.74. The number of phenols is 1. The molecule has 2 rings (SSSR count). The number of carbonyl (C=O) groups excluding carboxylic acids is 2. The summed E-state index contributed by atoms with van der Waals surface area (Å²) in [6.45, 7) is 5.75. The van der Waals surface area contributed by atoms with E-state index in [-0.39, 0.29) is 24.1 Å². The summed E-state index contributed by atoms with van der Waals surface area (Å²) in [7, 11) is 0. The van der Waals surface area contributed by atoms with Crippen LogP contribution in [0.1, 0.15) is 27.2 Å². The summed E-state index contributed by atoms with van der Waals surface area (Å²) in [4.78, 5) is 25.3. The van der Waals surface area contributed by atoms with Crippen molar-refractivity contribution in [3.63, 3.8) is 0 Å². The fourth-order valence-corrected chi connectivity index (χ4v) is 2.16. The van der Waals surface area contributed by atoms with E-state index < -0.39 is 11.7 Å². The first-order valence-electron chi connectivity index (χ1n) is 6.83. The van der Waals surface area contributed by atoms with Crippen LogP contribution in [0, 0.1) is 0 Å². The van der Waals surface area contributed by atoms with Gasteiger partial charge in [0.15, 0.2) is 0 Å². The van der Waals surface area contributed by atoms with Gasteiger partial charge in [0.05, 0.1) is 6.04 Å². The highest BCUT2D eigenvalue weighted by atomic mass is 16.6. The molecule has 1 saturated heterocycles. The van der Waals surface area contributed by atoms with Gasteiger partial charge < -0.3 is 20.1 Å². The molecule has 0 bridgehead atoms. The Labute approximate surface area is 123 Å². The molecular weight excluding hydrogens is 272 g/mol. The Morgan fingerprint density at radius 3 is 2.52 bits per heavy atom. The Morgan fingerprint density at radius 1 is 1.33 bits per heavy atom.